The third kappa shape index (κ3) is 3.52. The van der Waals surface area contributed by atoms with Gasteiger partial charge in [-0.2, -0.15) is 0 Å². The summed E-state index contributed by atoms with van der Waals surface area (Å²) in [4.78, 5) is 16.1. The van der Waals surface area contributed by atoms with Crippen LogP contribution in [-0.2, 0) is 17.9 Å². The molecule has 1 amide bonds. The van der Waals surface area contributed by atoms with Crippen LogP contribution in [0.1, 0.15) is 11.1 Å². The summed E-state index contributed by atoms with van der Waals surface area (Å²) in [7, 11) is 0. The van der Waals surface area contributed by atoms with Gasteiger partial charge in [-0.15, -0.1) is 0 Å². The molecule has 2 aromatic rings. The first-order chi connectivity index (χ1) is 10.7. The molecule has 0 saturated carbocycles. The summed E-state index contributed by atoms with van der Waals surface area (Å²) < 4.78 is 13.7. The molecule has 0 radical (unpaired) electrons. The number of nitrogens with zero attached hydrogens (tertiary/aromatic N) is 2. The zero-order chi connectivity index (χ0) is 15.4. The Balaban J connectivity index is 1.58. The molecule has 3 rings (SSSR count). The van der Waals surface area contributed by atoms with Gasteiger partial charge in [-0.05, 0) is 11.6 Å². The number of hydrogen-bond donors (Lipinski definition) is 0. The summed E-state index contributed by atoms with van der Waals surface area (Å²) in [6.07, 6.45) is 0. The van der Waals surface area contributed by atoms with Crippen LogP contribution in [0.4, 0.5) is 4.39 Å². The fourth-order valence-electron chi connectivity index (χ4n) is 2.73. The van der Waals surface area contributed by atoms with E-state index in [4.69, 9.17) is 0 Å². The number of benzene rings is 2. The third-order valence-electron chi connectivity index (χ3n) is 3.97. The van der Waals surface area contributed by atoms with E-state index in [2.05, 4.69) is 0 Å². The van der Waals surface area contributed by atoms with Gasteiger partial charge in [-0.3, -0.25) is 9.69 Å². The maximum Gasteiger partial charge on any atom is 0.237 e. The van der Waals surface area contributed by atoms with E-state index in [-0.39, 0.29) is 11.7 Å². The highest BCUT2D eigenvalue weighted by Gasteiger charge is 2.24. The summed E-state index contributed by atoms with van der Waals surface area (Å²) >= 11 is 0. The smallest absolute Gasteiger partial charge is 0.237 e. The Morgan fingerprint density at radius 1 is 0.909 bits per heavy atom. The number of amides is 1. The molecule has 1 heterocycles. The number of piperazine rings is 1. The van der Waals surface area contributed by atoms with Crippen LogP contribution in [0.2, 0.25) is 0 Å². The Morgan fingerprint density at radius 3 is 2.36 bits per heavy atom. The fraction of sp³-hybridized carbons (Fsp3) is 0.278. The van der Waals surface area contributed by atoms with Crippen molar-refractivity contribution in [1.82, 2.24) is 9.80 Å². The van der Waals surface area contributed by atoms with Gasteiger partial charge < -0.3 is 4.90 Å². The summed E-state index contributed by atoms with van der Waals surface area (Å²) in [6.45, 7) is 2.93. The van der Waals surface area contributed by atoms with Crippen LogP contribution in [0.3, 0.4) is 0 Å². The van der Waals surface area contributed by atoms with Crippen molar-refractivity contribution in [2.45, 2.75) is 13.1 Å². The summed E-state index contributed by atoms with van der Waals surface area (Å²) in [5.41, 5.74) is 1.78. The van der Waals surface area contributed by atoms with Gasteiger partial charge in [0.1, 0.15) is 5.82 Å². The zero-order valence-electron chi connectivity index (χ0n) is 12.4. The molecular formula is C18H19FN2O. The molecule has 1 saturated heterocycles. The van der Waals surface area contributed by atoms with E-state index in [0.29, 0.717) is 31.7 Å². The second-order valence-corrected chi connectivity index (χ2v) is 5.60. The van der Waals surface area contributed by atoms with E-state index in [0.717, 1.165) is 12.1 Å². The lowest BCUT2D eigenvalue weighted by Gasteiger charge is -2.34. The van der Waals surface area contributed by atoms with Crippen LogP contribution >= 0.6 is 0 Å². The van der Waals surface area contributed by atoms with E-state index in [1.807, 2.05) is 46.2 Å². The monoisotopic (exact) mass is 298 g/mol. The van der Waals surface area contributed by atoms with E-state index < -0.39 is 0 Å². The predicted octanol–water partition coefficient (Wildman–Crippen LogP) is 2.67. The minimum absolute atomic E-state index is 0.103. The van der Waals surface area contributed by atoms with Gasteiger partial charge >= 0.3 is 0 Å². The summed E-state index contributed by atoms with van der Waals surface area (Å²) in [6, 6.07) is 16.7. The maximum atomic E-state index is 13.7. The Hall–Kier alpha value is -2.20. The summed E-state index contributed by atoms with van der Waals surface area (Å²) in [5, 5.41) is 0. The van der Waals surface area contributed by atoms with Crippen molar-refractivity contribution in [1.29, 1.82) is 0 Å². The van der Waals surface area contributed by atoms with Crippen LogP contribution in [-0.4, -0.2) is 35.3 Å². The molecule has 1 aliphatic heterocycles. The Labute approximate surface area is 130 Å². The minimum Gasteiger partial charge on any atom is -0.336 e. The number of halogens is 1. The minimum atomic E-state index is -0.207. The molecular weight excluding hydrogens is 279 g/mol. The number of carbonyl (C=O) groups is 1. The Kier molecular flexibility index (Phi) is 4.49. The lowest BCUT2D eigenvalue weighted by Crippen LogP contribution is -2.49. The lowest BCUT2D eigenvalue weighted by molar-refractivity contribution is -0.136. The molecule has 0 bridgehead atoms. The first kappa shape index (κ1) is 14.7. The number of hydrogen-bond acceptors (Lipinski definition) is 2. The molecule has 0 aliphatic carbocycles. The Morgan fingerprint density at radius 2 is 1.64 bits per heavy atom. The van der Waals surface area contributed by atoms with Crippen LogP contribution < -0.4 is 0 Å². The second-order valence-electron chi connectivity index (χ2n) is 5.60. The fourth-order valence-corrected chi connectivity index (χ4v) is 2.73. The molecule has 0 unspecified atom stereocenters. The van der Waals surface area contributed by atoms with E-state index in [1.54, 1.807) is 12.1 Å². The SMILES string of the molecule is O=C1CN(Cc2ccccc2F)CCN1Cc1ccccc1. The largest absolute Gasteiger partial charge is 0.336 e. The molecule has 114 valence electrons. The first-order valence-electron chi connectivity index (χ1n) is 7.50. The van der Waals surface area contributed by atoms with E-state index >= 15 is 0 Å². The van der Waals surface area contributed by atoms with Gasteiger partial charge in [0, 0.05) is 31.7 Å². The van der Waals surface area contributed by atoms with Crippen molar-refractivity contribution in [2.75, 3.05) is 19.6 Å². The van der Waals surface area contributed by atoms with Crippen molar-refractivity contribution in [2.24, 2.45) is 0 Å². The highest BCUT2D eigenvalue weighted by Crippen LogP contribution is 2.14. The third-order valence-corrected chi connectivity index (χ3v) is 3.97. The molecule has 1 fully saturated rings. The van der Waals surface area contributed by atoms with Gasteiger partial charge in [0.25, 0.3) is 0 Å². The second kappa shape index (κ2) is 6.71. The molecule has 0 atom stereocenters. The lowest BCUT2D eigenvalue weighted by atomic mass is 10.1. The standard InChI is InChI=1S/C18H19FN2O/c19-17-9-5-4-8-16(17)13-20-10-11-21(18(22)14-20)12-15-6-2-1-3-7-15/h1-9H,10-14H2. The normalized spacial score (nSPS) is 16.0. The van der Waals surface area contributed by atoms with Gasteiger partial charge in [0.15, 0.2) is 0 Å². The quantitative estimate of drug-likeness (QED) is 0.866. The zero-order valence-corrected chi connectivity index (χ0v) is 12.4. The van der Waals surface area contributed by atoms with Crippen molar-refractivity contribution in [3.63, 3.8) is 0 Å². The van der Waals surface area contributed by atoms with Crippen LogP contribution in [0.25, 0.3) is 0 Å². The van der Waals surface area contributed by atoms with Gasteiger partial charge in [0.05, 0.1) is 6.54 Å². The van der Waals surface area contributed by atoms with Crippen LogP contribution in [0.5, 0.6) is 0 Å². The molecule has 0 N–H and O–H groups in total. The maximum absolute atomic E-state index is 13.7. The van der Waals surface area contributed by atoms with Gasteiger partial charge in [-0.25, -0.2) is 4.39 Å². The van der Waals surface area contributed by atoms with Crippen LogP contribution in [0.15, 0.2) is 54.6 Å². The molecule has 0 aromatic heterocycles. The first-order valence-corrected chi connectivity index (χ1v) is 7.50. The molecule has 3 nitrogen and oxygen atoms in total. The average Bonchev–Trinajstić information content (AvgIpc) is 2.53. The molecule has 0 spiro atoms. The van der Waals surface area contributed by atoms with Gasteiger partial charge in [0.2, 0.25) is 5.91 Å². The topological polar surface area (TPSA) is 23.6 Å². The van der Waals surface area contributed by atoms with Crippen LogP contribution in [0, 0.1) is 5.82 Å². The average molecular weight is 298 g/mol. The predicted molar refractivity (Wildman–Crippen MR) is 83.5 cm³/mol. The van der Waals surface area contributed by atoms with Crippen molar-refractivity contribution < 1.29 is 9.18 Å². The summed E-state index contributed by atoms with van der Waals surface area (Å²) in [5.74, 6) is -0.104. The van der Waals surface area contributed by atoms with E-state index in [9.17, 15) is 9.18 Å². The molecule has 4 heteroatoms. The van der Waals surface area contributed by atoms with Crippen molar-refractivity contribution in [3.05, 3.63) is 71.5 Å². The van der Waals surface area contributed by atoms with Crippen molar-refractivity contribution in [3.8, 4) is 0 Å². The molecule has 22 heavy (non-hydrogen) atoms. The van der Waals surface area contributed by atoms with E-state index in [1.165, 1.54) is 6.07 Å². The van der Waals surface area contributed by atoms with Crippen molar-refractivity contribution >= 4 is 5.91 Å². The Bertz CT molecular complexity index is 645. The number of rotatable bonds is 4. The number of carbonyl (C=O) groups excluding carboxylic acids is 1. The molecule has 1 aliphatic rings. The molecule has 2 aromatic carbocycles. The van der Waals surface area contributed by atoms with Gasteiger partial charge in [-0.1, -0.05) is 48.5 Å². The highest BCUT2D eigenvalue weighted by molar-refractivity contribution is 5.79. The highest BCUT2D eigenvalue weighted by atomic mass is 19.1.